The minimum atomic E-state index is -0.646. The molecule has 2 atom stereocenters. The Bertz CT molecular complexity index is 324. The fraction of sp³-hybridized carbons (Fsp3) is 0.455. The quantitative estimate of drug-likeness (QED) is 0.834. The highest BCUT2D eigenvalue weighted by Gasteiger charge is 2.10. The minimum absolute atomic E-state index is 0.196. The highest BCUT2D eigenvalue weighted by Crippen LogP contribution is 2.28. The largest absolute Gasteiger partial charge is 0.491 e. The molecule has 3 nitrogen and oxygen atoms in total. The van der Waals surface area contributed by atoms with Crippen LogP contribution in [0.1, 0.15) is 25.5 Å². The van der Waals surface area contributed by atoms with E-state index in [0.29, 0.717) is 16.3 Å². The van der Waals surface area contributed by atoms with E-state index >= 15 is 0 Å². The second-order valence-electron chi connectivity index (χ2n) is 3.52. The van der Waals surface area contributed by atoms with Crippen LogP contribution in [0.3, 0.4) is 0 Å². The monoisotopic (exact) mass is 230 g/mol. The number of halogens is 1. The van der Waals surface area contributed by atoms with E-state index in [4.69, 9.17) is 21.4 Å². The van der Waals surface area contributed by atoms with Gasteiger partial charge in [-0.1, -0.05) is 11.6 Å². The molecule has 0 bridgehead atoms. The summed E-state index contributed by atoms with van der Waals surface area (Å²) >= 11 is 5.81. The first-order valence-electron chi connectivity index (χ1n) is 4.79. The zero-order chi connectivity index (χ0) is 11.4. The predicted octanol–water partition coefficient (Wildman–Crippen LogP) is 2.15. The molecule has 84 valence electrons. The maximum atomic E-state index is 9.49. The molecule has 2 unspecified atom stereocenters. The molecule has 0 fully saturated rings. The van der Waals surface area contributed by atoms with Crippen LogP contribution in [-0.2, 0) is 0 Å². The molecule has 0 spiro atoms. The molecule has 1 aromatic rings. The molecule has 0 amide bonds. The van der Waals surface area contributed by atoms with Crippen molar-refractivity contribution in [2.75, 3.05) is 6.61 Å². The van der Waals surface area contributed by atoms with Gasteiger partial charge < -0.3 is 14.9 Å². The molecular weight excluding hydrogens is 216 g/mol. The molecular formula is C11H15ClO3. The topological polar surface area (TPSA) is 49.7 Å². The Balaban J connectivity index is 2.86. The molecule has 1 aromatic carbocycles. The van der Waals surface area contributed by atoms with E-state index in [0.717, 1.165) is 0 Å². The number of aliphatic hydroxyl groups is 2. The molecule has 15 heavy (non-hydrogen) atoms. The van der Waals surface area contributed by atoms with Crippen molar-refractivity contribution >= 4 is 11.6 Å². The number of hydrogen-bond acceptors (Lipinski definition) is 3. The zero-order valence-electron chi connectivity index (χ0n) is 8.77. The van der Waals surface area contributed by atoms with Gasteiger partial charge in [0.1, 0.15) is 12.4 Å². The molecule has 0 aliphatic carbocycles. The average Bonchev–Trinajstić information content (AvgIpc) is 2.15. The lowest BCUT2D eigenvalue weighted by Gasteiger charge is -2.14. The summed E-state index contributed by atoms with van der Waals surface area (Å²) in [5.41, 5.74) is 0.628. The third-order valence-corrected chi connectivity index (χ3v) is 2.14. The lowest BCUT2D eigenvalue weighted by atomic mass is 10.1. The number of rotatable bonds is 4. The summed E-state index contributed by atoms with van der Waals surface area (Å²) in [6.07, 6.45) is -1.18. The Morgan fingerprint density at radius 1 is 1.33 bits per heavy atom. The van der Waals surface area contributed by atoms with E-state index in [2.05, 4.69) is 0 Å². The Kier molecular flexibility index (Phi) is 4.39. The van der Waals surface area contributed by atoms with Crippen molar-refractivity contribution < 1.29 is 14.9 Å². The van der Waals surface area contributed by atoms with Crippen molar-refractivity contribution in [3.8, 4) is 5.75 Å². The van der Waals surface area contributed by atoms with Crippen LogP contribution < -0.4 is 4.74 Å². The molecule has 1 rings (SSSR count). The Morgan fingerprint density at radius 2 is 2.00 bits per heavy atom. The molecule has 0 saturated carbocycles. The van der Waals surface area contributed by atoms with Crippen LogP contribution in [0.4, 0.5) is 0 Å². The second kappa shape index (κ2) is 5.35. The molecule has 0 aromatic heterocycles. The van der Waals surface area contributed by atoms with Crippen molar-refractivity contribution in [1.29, 1.82) is 0 Å². The Morgan fingerprint density at radius 3 is 2.53 bits per heavy atom. The third kappa shape index (κ3) is 3.70. The van der Waals surface area contributed by atoms with Crippen LogP contribution in [0.5, 0.6) is 5.75 Å². The highest BCUT2D eigenvalue weighted by atomic mass is 35.5. The van der Waals surface area contributed by atoms with Crippen LogP contribution in [-0.4, -0.2) is 22.9 Å². The van der Waals surface area contributed by atoms with Gasteiger partial charge in [0.05, 0.1) is 12.2 Å². The fourth-order valence-corrected chi connectivity index (χ4v) is 1.37. The predicted molar refractivity (Wildman–Crippen MR) is 59.3 cm³/mol. The lowest BCUT2D eigenvalue weighted by molar-refractivity contribution is 0.118. The lowest BCUT2D eigenvalue weighted by Crippen LogP contribution is -2.14. The molecule has 0 aliphatic heterocycles. The number of benzene rings is 1. The summed E-state index contributed by atoms with van der Waals surface area (Å²) in [5.74, 6) is 0.551. The molecule has 0 radical (unpaired) electrons. The Labute approximate surface area is 94.3 Å². The smallest absolute Gasteiger partial charge is 0.125 e. The molecule has 0 saturated heterocycles. The van der Waals surface area contributed by atoms with Gasteiger partial charge in [0.15, 0.2) is 0 Å². The van der Waals surface area contributed by atoms with Crippen LogP contribution in [0, 0.1) is 0 Å². The van der Waals surface area contributed by atoms with Crippen LogP contribution >= 0.6 is 11.6 Å². The van der Waals surface area contributed by atoms with Gasteiger partial charge in [0.2, 0.25) is 0 Å². The van der Waals surface area contributed by atoms with Crippen LogP contribution in [0.25, 0.3) is 0 Å². The first-order chi connectivity index (χ1) is 7.00. The summed E-state index contributed by atoms with van der Waals surface area (Å²) in [5, 5.41) is 19.1. The average molecular weight is 231 g/mol. The van der Waals surface area contributed by atoms with Gasteiger partial charge in [-0.05, 0) is 32.0 Å². The van der Waals surface area contributed by atoms with Crippen molar-refractivity contribution in [3.05, 3.63) is 28.8 Å². The first-order valence-corrected chi connectivity index (χ1v) is 5.17. The minimum Gasteiger partial charge on any atom is -0.491 e. The SMILES string of the molecule is CC(O)COc1ccc(Cl)cc1C(C)O. The van der Waals surface area contributed by atoms with E-state index in [1.54, 1.807) is 32.0 Å². The Hall–Kier alpha value is -0.770. The van der Waals surface area contributed by atoms with E-state index in [9.17, 15) is 5.11 Å². The number of aliphatic hydroxyl groups excluding tert-OH is 2. The van der Waals surface area contributed by atoms with E-state index < -0.39 is 12.2 Å². The van der Waals surface area contributed by atoms with Gasteiger partial charge in [-0.2, -0.15) is 0 Å². The highest BCUT2D eigenvalue weighted by molar-refractivity contribution is 6.30. The fourth-order valence-electron chi connectivity index (χ4n) is 1.19. The standard InChI is InChI=1S/C11H15ClO3/c1-7(13)6-15-11-4-3-9(12)5-10(11)8(2)14/h3-5,7-8,13-14H,6H2,1-2H3. The second-order valence-corrected chi connectivity index (χ2v) is 3.95. The third-order valence-electron chi connectivity index (χ3n) is 1.90. The molecule has 4 heteroatoms. The van der Waals surface area contributed by atoms with Gasteiger partial charge in [0.25, 0.3) is 0 Å². The molecule has 0 aliphatic rings. The van der Waals surface area contributed by atoms with Crippen LogP contribution in [0.15, 0.2) is 18.2 Å². The van der Waals surface area contributed by atoms with Crippen molar-refractivity contribution in [2.24, 2.45) is 0 Å². The van der Waals surface area contributed by atoms with E-state index in [-0.39, 0.29) is 6.61 Å². The normalized spacial score (nSPS) is 14.7. The summed E-state index contributed by atoms with van der Waals surface area (Å²) in [6, 6.07) is 5.03. The van der Waals surface area contributed by atoms with Gasteiger partial charge in [-0.25, -0.2) is 0 Å². The number of hydrogen-bond donors (Lipinski definition) is 2. The molecule has 2 N–H and O–H groups in total. The maximum absolute atomic E-state index is 9.49. The summed E-state index contributed by atoms with van der Waals surface area (Å²) in [6.45, 7) is 3.47. The van der Waals surface area contributed by atoms with E-state index in [1.807, 2.05) is 0 Å². The van der Waals surface area contributed by atoms with Gasteiger partial charge in [-0.15, -0.1) is 0 Å². The van der Waals surface area contributed by atoms with Gasteiger partial charge in [0, 0.05) is 10.6 Å². The van der Waals surface area contributed by atoms with Crippen molar-refractivity contribution in [1.82, 2.24) is 0 Å². The summed E-state index contributed by atoms with van der Waals surface area (Å²) in [4.78, 5) is 0. The van der Waals surface area contributed by atoms with Gasteiger partial charge >= 0.3 is 0 Å². The summed E-state index contributed by atoms with van der Waals surface area (Å²) in [7, 11) is 0. The van der Waals surface area contributed by atoms with Crippen LogP contribution in [0.2, 0.25) is 5.02 Å². The van der Waals surface area contributed by atoms with Crippen molar-refractivity contribution in [3.63, 3.8) is 0 Å². The number of ether oxygens (including phenoxy) is 1. The first kappa shape index (κ1) is 12.3. The zero-order valence-corrected chi connectivity index (χ0v) is 9.53. The summed E-state index contributed by atoms with van der Waals surface area (Å²) < 4.78 is 5.35. The van der Waals surface area contributed by atoms with E-state index in [1.165, 1.54) is 0 Å². The molecule has 0 heterocycles. The van der Waals surface area contributed by atoms with Gasteiger partial charge in [-0.3, -0.25) is 0 Å². The maximum Gasteiger partial charge on any atom is 0.125 e. The van der Waals surface area contributed by atoms with Crippen molar-refractivity contribution in [2.45, 2.75) is 26.1 Å².